The van der Waals surface area contributed by atoms with Gasteiger partial charge >= 0.3 is 0 Å². The highest BCUT2D eigenvalue weighted by Gasteiger charge is 2.26. The van der Waals surface area contributed by atoms with E-state index in [9.17, 15) is 9.59 Å². The minimum Gasteiger partial charge on any atom is -0.497 e. The largest absolute Gasteiger partial charge is 0.497 e. The number of hydrogen-bond acceptors (Lipinski definition) is 6. The molecule has 0 aliphatic heterocycles. The molecule has 1 aromatic heterocycles. The predicted molar refractivity (Wildman–Crippen MR) is 117 cm³/mol. The van der Waals surface area contributed by atoms with Gasteiger partial charge in [0.15, 0.2) is 0 Å². The molecule has 0 spiro atoms. The van der Waals surface area contributed by atoms with Crippen molar-refractivity contribution < 1.29 is 28.5 Å². The Morgan fingerprint density at radius 1 is 0.968 bits per heavy atom. The van der Waals surface area contributed by atoms with Crippen molar-refractivity contribution in [3.05, 3.63) is 47.2 Å². The van der Waals surface area contributed by atoms with Crippen LogP contribution in [0.25, 0.3) is 10.9 Å². The molecule has 8 nitrogen and oxygen atoms in total. The Morgan fingerprint density at radius 2 is 1.61 bits per heavy atom. The van der Waals surface area contributed by atoms with Crippen LogP contribution in [0.5, 0.6) is 23.0 Å². The second-order valence-corrected chi connectivity index (χ2v) is 6.82. The Balaban J connectivity index is 2.24. The predicted octanol–water partition coefficient (Wildman–Crippen LogP) is 2.96. The zero-order valence-corrected chi connectivity index (χ0v) is 18.3. The first-order valence-electron chi connectivity index (χ1n) is 9.70. The molecule has 3 rings (SSSR count). The Morgan fingerprint density at radius 3 is 2.16 bits per heavy atom. The van der Waals surface area contributed by atoms with Gasteiger partial charge in [-0.25, -0.2) is 0 Å². The van der Waals surface area contributed by atoms with Gasteiger partial charge in [-0.1, -0.05) is 0 Å². The number of hydrogen-bond donors (Lipinski definition) is 1. The van der Waals surface area contributed by atoms with Crippen molar-refractivity contribution in [2.24, 2.45) is 0 Å². The molecule has 0 saturated carbocycles. The van der Waals surface area contributed by atoms with E-state index in [1.807, 2.05) is 25.1 Å². The van der Waals surface area contributed by atoms with Gasteiger partial charge in [0.1, 0.15) is 28.6 Å². The molecule has 1 heterocycles. The smallest absolute Gasteiger partial charge is 0.270 e. The van der Waals surface area contributed by atoms with E-state index in [0.29, 0.717) is 47.9 Å². The van der Waals surface area contributed by atoms with Crippen molar-refractivity contribution in [3.63, 3.8) is 0 Å². The van der Waals surface area contributed by atoms with Gasteiger partial charge in [0, 0.05) is 29.8 Å². The zero-order valence-electron chi connectivity index (χ0n) is 18.3. The van der Waals surface area contributed by atoms with Gasteiger partial charge in [-0.05, 0) is 37.1 Å². The first kappa shape index (κ1) is 22.0. The molecule has 8 heteroatoms. The molecule has 0 atom stereocenters. The Bertz CT molecular complexity index is 1090. The number of ether oxygens (including phenoxy) is 4. The van der Waals surface area contributed by atoms with E-state index in [1.165, 1.54) is 21.3 Å². The highest BCUT2D eigenvalue weighted by Crippen LogP contribution is 2.37. The van der Waals surface area contributed by atoms with Crippen LogP contribution in [0.2, 0.25) is 0 Å². The molecule has 3 aromatic rings. The monoisotopic (exact) mass is 426 g/mol. The molecule has 0 radical (unpaired) electrons. The maximum Gasteiger partial charge on any atom is 0.270 e. The molecule has 1 amide bonds. The zero-order chi connectivity index (χ0) is 22.5. The van der Waals surface area contributed by atoms with Crippen molar-refractivity contribution in [3.8, 4) is 23.0 Å². The molecule has 0 unspecified atom stereocenters. The number of carbonyl (C=O) groups excluding carboxylic acids is 2. The summed E-state index contributed by atoms with van der Waals surface area (Å²) in [4.78, 5) is 24.5. The second kappa shape index (κ2) is 9.42. The van der Waals surface area contributed by atoms with Gasteiger partial charge in [0.25, 0.3) is 5.91 Å². The van der Waals surface area contributed by atoms with Crippen molar-refractivity contribution in [1.29, 1.82) is 0 Å². The summed E-state index contributed by atoms with van der Waals surface area (Å²) >= 11 is 0. The van der Waals surface area contributed by atoms with Crippen molar-refractivity contribution >= 4 is 23.2 Å². The summed E-state index contributed by atoms with van der Waals surface area (Å²) in [5.41, 5.74) is 2.73. The summed E-state index contributed by atoms with van der Waals surface area (Å²) in [6.07, 6.45) is 1.22. The maximum absolute atomic E-state index is 13.8. The third kappa shape index (κ3) is 4.01. The molecular formula is C23H26N2O6. The molecule has 2 aromatic carbocycles. The third-order valence-corrected chi connectivity index (χ3v) is 5.28. The van der Waals surface area contributed by atoms with E-state index in [1.54, 1.807) is 23.8 Å². The number of fused-ring (bicyclic) bond motifs is 1. The third-order valence-electron chi connectivity index (χ3n) is 5.28. The second-order valence-electron chi connectivity index (χ2n) is 6.82. The number of aromatic nitrogens is 1. The summed E-state index contributed by atoms with van der Waals surface area (Å²) in [6, 6.07) is 8.84. The standard InChI is InChI=1S/C23H26N2O6/c1-14-17(8-9-24-13-26)18-10-15(28-2)6-7-19(18)25(14)23(27)22-20(30-4)11-16(29-3)12-21(22)31-5/h6-7,10-13H,8-9H2,1-5H3,(H,24,26). The van der Waals surface area contributed by atoms with Gasteiger partial charge in [0.05, 0.1) is 34.0 Å². The number of methoxy groups -OCH3 is 4. The highest BCUT2D eigenvalue weighted by molar-refractivity contribution is 6.07. The quantitative estimate of drug-likeness (QED) is 0.418. The summed E-state index contributed by atoms with van der Waals surface area (Å²) in [5, 5.41) is 3.56. The van der Waals surface area contributed by atoms with Crippen LogP contribution in [-0.2, 0) is 11.2 Å². The van der Waals surface area contributed by atoms with Crippen molar-refractivity contribution in [2.45, 2.75) is 13.3 Å². The van der Waals surface area contributed by atoms with Gasteiger partial charge in [-0.3, -0.25) is 14.2 Å². The van der Waals surface area contributed by atoms with E-state index < -0.39 is 0 Å². The molecule has 164 valence electrons. The van der Waals surface area contributed by atoms with Crippen LogP contribution in [0.15, 0.2) is 30.3 Å². The Labute approximate surface area is 180 Å². The minimum absolute atomic E-state index is 0.291. The summed E-state index contributed by atoms with van der Waals surface area (Å²) in [6.45, 7) is 2.33. The first-order valence-corrected chi connectivity index (χ1v) is 9.70. The van der Waals surface area contributed by atoms with Crippen LogP contribution < -0.4 is 24.3 Å². The van der Waals surface area contributed by atoms with E-state index in [-0.39, 0.29) is 5.91 Å². The maximum atomic E-state index is 13.8. The number of rotatable bonds is 9. The lowest BCUT2D eigenvalue weighted by Gasteiger charge is -2.16. The van der Waals surface area contributed by atoms with Crippen LogP contribution in [0, 0.1) is 6.92 Å². The molecule has 0 aliphatic rings. The van der Waals surface area contributed by atoms with Gasteiger partial charge in [-0.2, -0.15) is 0 Å². The average molecular weight is 426 g/mol. The summed E-state index contributed by atoms with van der Waals surface area (Å²) < 4.78 is 23.3. The summed E-state index contributed by atoms with van der Waals surface area (Å²) in [7, 11) is 6.11. The van der Waals surface area contributed by atoms with Crippen LogP contribution in [0.4, 0.5) is 0 Å². The lowest BCUT2D eigenvalue weighted by Crippen LogP contribution is -2.17. The molecule has 0 aliphatic carbocycles. The summed E-state index contributed by atoms with van der Waals surface area (Å²) in [5.74, 6) is 1.60. The number of amides is 1. The normalized spacial score (nSPS) is 10.6. The highest BCUT2D eigenvalue weighted by atomic mass is 16.5. The lowest BCUT2D eigenvalue weighted by molar-refractivity contribution is -0.109. The number of nitrogens with one attached hydrogen (secondary N) is 1. The molecule has 1 N–H and O–H groups in total. The fourth-order valence-corrected chi connectivity index (χ4v) is 3.75. The van der Waals surface area contributed by atoms with E-state index in [0.717, 1.165) is 22.2 Å². The molecule has 31 heavy (non-hydrogen) atoms. The number of carbonyl (C=O) groups is 2. The first-order chi connectivity index (χ1) is 15.0. The average Bonchev–Trinajstić information content (AvgIpc) is 3.08. The van der Waals surface area contributed by atoms with Crippen LogP contribution in [-0.4, -0.2) is 51.9 Å². The van der Waals surface area contributed by atoms with Gasteiger partial charge in [-0.15, -0.1) is 0 Å². The lowest BCUT2D eigenvalue weighted by atomic mass is 10.1. The number of benzene rings is 2. The van der Waals surface area contributed by atoms with Crippen LogP contribution in [0.3, 0.4) is 0 Å². The minimum atomic E-state index is -0.293. The van der Waals surface area contributed by atoms with Crippen LogP contribution >= 0.6 is 0 Å². The van der Waals surface area contributed by atoms with Crippen LogP contribution in [0.1, 0.15) is 21.6 Å². The SMILES string of the molecule is COc1cc(OC)c(C(=O)n2c(C)c(CCNC=O)c3cc(OC)ccc32)c(OC)c1. The van der Waals surface area contributed by atoms with E-state index in [2.05, 4.69) is 5.32 Å². The molecular weight excluding hydrogens is 400 g/mol. The van der Waals surface area contributed by atoms with E-state index in [4.69, 9.17) is 18.9 Å². The van der Waals surface area contributed by atoms with Gasteiger partial charge in [0.2, 0.25) is 6.41 Å². The van der Waals surface area contributed by atoms with Crippen molar-refractivity contribution in [2.75, 3.05) is 35.0 Å². The fourth-order valence-electron chi connectivity index (χ4n) is 3.75. The number of nitrogens with zero attached hydrogens (tertiary/aromatic N) is 1. The Hall–Kier alpha value is -3.68. The fraction of sp³-hybridized carbons (Fsp3) is 0.304. The van der Waals surface area contributed by atoms with E-state index >= 15 is 0 Å². The topological polar surface area (TPSA) is 88.0 Å². The van der Waals surface area contributed by atoms with Crippen molar-refractivity contribution in [1.82, 2.24) is 9.88 Å². The Kier molecular flexibility index (Phi) is 6.69. The van der Waals surface area contributed by atoms with Gasteiger partial charge < -0.3 is 24.3 Å². The molecule has 0 fully saturated rings. The molecule has 0 saturated heterocycles. The molecule has 0 bridgehead atoms.